The van der Waals surface area contributed by atoms with Gasteiger partial charge in [-0.2, -0.15) is 0 Å². The maximum absolute atomic E-state index is 13.5. The number of pyridine rings is 1. The smallest absolute Gasteiger partial charge is 0.223 e. The molecular weight excluding hydrogens is 207 g/mol. The van der Waals surface area contributed by atoms with Crippen LogP contribution in [-0.4, -0.2) is 21.5 Å². The summed E-state index contributed by atoms with van der Waals surface area (Å²) in [5.41, 5.74) is 0.974. The predicted octanol–water partition coefficient (Wildman–Crippen LogP) is 2.11. The van der Waals surface area contributed by atoms with Crippen molar-refractivity contribution in [2.75, 3.05) is 11.9 Å². The van der Waals surface area contributed by atoms with Crippen molar-refractivity contribution in [3.05, 3.63) is 36.5 Å². The molecule has 0 unspecified atom stereocenters. The van der Waals surface area contributed by atoms with E-state index in [1.807, 2.05) is 6.92 Å². The Morgan fingerprint density at radius 1 is 1.31 bits per heavy atom. The van der Waals surface area contributed by atoms with Crippen LogP contribution in [0.2, 0.25) is 0 Å². The third-order valence-corrected chi connectivity index (χ3v) is 2.03. The second-order valence-corrected chi connectivity index (χ2v) is 3.16. The zero-order chi connectivity index (χ0) is 11.4. The monoisotopic (exact) mass is 218 g/mol. The topological polar surface area (TPSA) is 50.7 Å². The molecule has 0 saturated heterocycles. The van der Waals surface area contributed by atoms with E-state index in [4.69, 9.17) is 0 Å². The molecule has 4 nitrogen and oxygen atoms in total. The van der Waals surface area contributed by atoms with Gasteiger partial charge in [-0.25, -0.2) is 14.4 Å². The van der Waals surface area contributed by atoms with Gasteiger partial charge in [-0.1, -0.05) is 0 Å². The van der Waals surface area contributed by atoms with Crippen molar-refractivity contribution in [1.82, 2.24) is 15.0 Å². The molecule has 0 spiro atoms. The summed E-state index contributed by atoms with van der Waals surface area (Å²) >= 11 is 0. The quantitative estimate of drug-likeness (QED) is 0.857. The van der Waals surface area contributed by atoms with E-state index >= 15 is 0 Å². The fourth-order valence-corrected chi connectivity index (χ4v) is 1.32. The Morgan fingerprint density at radius 3 is 2.75 bits per heavy atom. The first-order valence-corrected chi connectivity index (χ1v) is 4.98. The van der Waals surface area contributed by atoms with Gasteiger partial charge in [0.15, 0.2) is 5.82 Å². The van der Waals surface area contributed by atoms with Gasteiger partial charge in [-0.05, 0) is 19.1 Å². The number of halogens is 1. The fourth-order valence-electron chi connectivity index (χ4n) is 1.32. The molecule has 0 aliphatic rings. The Balaban J connectivity index is 2.43. The van der Waals surface area contributed by atoms with Crippen LogP contribution in [0.5, 0.6) is 0 Å². The first kappa shape index (κ1) is 10.5. The molecule has 0 aliphatic heterocycles. The molecule has 0 saturated carbocycles. The van der Waals surface area contributed by atoms with E-state index in [1.165, 1.54) is 6.20 Å². The van der Waals surface area contributed by atoms with E-state index in [-0.39, 0.29) is 5.69 Å². The molecule has 16 heavy (non-hydrogen) atoms. The molecule has 0 atom stereocenters. The van der Waals surface area contributed by atoms with Gasteiger partial charge in [-0.3, -0.25) is 4.98 Å². The number of hydrogen-bond donors (Lipinski definition) is 1. The molecule has 0 aromatic carbocycles. The van der Waals surface area contributed by atoms with Crippen LogP contribution in [0, 0.1) is 5.82 Å². The van der Waals surface area contributed by atoms with Crippen LogP contribution in [0.3, 0.4) is 0 Å². The summed E-state index contributed by atoms with van der Waals surface area (Å²) in [7, 11) is 0. The standard InChI is InChI=1S/C11H11FN4/c1-2-14-11-15-7-9(12)10(16-11)8-3-5-13-6-4-8/h3-7H,2H2,1H3,(H,14,15,16). The summed E-state index contributed by atoms with van der Waals surface area (Å²) in [6.45, 7) is 2.63. The number of aromatic nitrogens is 3. The van der Waals surface area contributed by atoms with Crippen LogP contribution < -0.4 is 5.32 Å². The summed E-state index contributed by atoms with van der Waals surface area (Å²) in [5, 5.41) is 2.94. The van der Waals surface area contributed by atoms with Crippen molar-refractivity contribution in [3.8, 4) is 11.3 Å². The minimum atomic E-state index is -0.437. The molecule has 1 N–H and O–H groups in total. The SMILES string of the molecule is CCNc1ncc(F)c(-c2ccncc2)n1. The Labute approximate surface area is 92.6 Å². The van der Waals surface area contributed by atoms with Gasteiger partial charge < -0.3 is 5.32 Å². The molecule has 0 aliphatic carbocycles. The number of nitrogens with one attached hydrogen (secondary N) is 1. The number of anilines is 1. The summed E-state index contributed by atoms with van der Waals surface area (Å²) in [5.74, 6) is -0.0106. The first-order valence-electron chi connectivity index (χ1n) is 4.98. The lowest BCUT2D eigenvalue weighted by atomic mass is 10.2. The highest BCUT2D eigenvalue weighted by Gasteiger charge is 2.08. The van der Waals surface area contributed by atoms with Crippen molar-refractivity contribution >= 4 is 5.95 Å². The van der Waals surface area contributed by atoms with Crippen molar-refractivity contribution in [2.45, 2.75) is 6.92 Å². The number of hydrogen-bond acceptors (Lipinski definition) is 4. The van der Waals surface area contributed by atoms with E-state index in [0.29, 0.717) is 18.1 Å². The lowest BCUT2D eigenvalue weighted by molar-refractivity contribution is 0.618. The molecule has 2 heterocycles. The largest absolute Gasteiger partial charge is 0.354 e. The lowest BCUT2D eigenvalue weighted by Crippen LogP contribution is -2.03. The Kier molecular flexibility index (Phi) is 3.05. The van der Waals surface area contributed by atoms with E-state index in [0.717, 1.165) is 0 Å². The highest BCUT2D eigenvalue weighted by atomic mass is 19.1. The molecule has 82 valence electrons. The van der Waals surface area contributed by atoms with Crippen molar-refractivity contribution < 1.29 is 4.39 Å². The van der Waals surface area contributed by atoms with Gasteiger partial charge in [-0.15, -0.1) is 0 Å². The zero-order valence-corrected chi connectivity index (χ0v) is 8.81. The molecule has 5 heteroatoms. The van der Waals surface area contributed by atoms with Gasteiger partial charge in [0.2, 0.25) is 5.95 Å². The average molecular weight is 218 g/mol. The van der Waals surface area contributed by atoms with Crippen molar-refractivity contribution in [1.29, 1.82) is 0 Å². The molecular formula is C11H11FN4. The molecule has 2 aromatic heterocycles. The van der Waals surface area contributed by atoms with Gasteiger partial charge in [0.1, 0.15) is 5.69 Å². The van der Waals surface area contributed by atoms with E-state index in [2.05, 4.69) is 20.3 Å². The first-order chi connectivity index (χ1) is 7.81. The van der Waals surface area contributed by atoms with Crippen LogP contribution in [-0.2, 0) is 0 Å². The fraction of sp³-hybridized carbons (Fsp3) is 0.182. The predicted molar refractivity (Wildman–Crippen MR) is 59.4 cm³/mol. The molecule has 0 radical (unpaired) electrons. The lowest BCUT2D eigenvalue weighted by Gasteiger charge is -2.05. The molecule has 0 amide bonds. The van der Waals surface area contributed by atoms with Crippen LogP contribution in [0.25, 0.3) is 11.3 Å². The van der Waals surface area contributed by atoms with Crippen LogP contribution in [0.1, 0.15) is 6.92 Å². The number of rotatable bonds is 3. The van der Waals surface area contributed by atoms with Gasteiger partial charge in [0.25, 0.3) is 0 Å². The second kappa shape index (κ2) is 4.65. The highest BCUT2D eigenvalue weighted by Crippen LogP contribution is 2.19. The summed E-state index contributed by atoms with van der Waals surface area (Å²) < 4.78 is 13.5. The minimum absolute atomic E-state index is 0.286. The van der Waals surface area contributed by atoms with E-state index in [9.17, 15) is 4.39 Å². The third kappa shape index (κ3) is 2.13. The summed E-state index contributed by atoms with van der Waals surface area (Å²) in [6, 6.07) is 3.42. The normalized spacial score (nSPS) is 10.1. The van der Waals surface area contributed by atoms with E-state index in [1.54, 1.807) is 24.5 Å². The maximum Gasteiger partial charge on any atom is 0.223 e. The van der Waals surface area contributed by atoms with Gasteiger partial charge in [0, 0.05) is 24.5 Å². The van der Waals surface area contributed by atoms with Crippen molar-refractivity contribution in [2.24, 2.45) is 0 Å². The van der Waals surface area contributed by atoms with Crippen LogP contribution in [0.4, 0.5) is 10.3 Å². The second-order valence-electron chi connectivity index (χ2n) is 3.16. The third-order valence-electron chi connectivity index (χ3n) is 2.03. The Hall–Kier alpha value is -2.04. The van der Waals surface area contributed by atoms with Gasteiger partial charge in [0.05, 0.1) is 6.20 Å². The molecule has 0 bridgehead atoms. The average Bonchev–Trinajstić information content (AvgIpc) is 2.33. The van der Waals surface area contributed by atoms with Gasteiger partial charge >= 0.3 is 0 Å². The zero-order valence-electron chi connectivity index (χ0n) is 8.81. The van der Waals surface area contributed by atoms with E-state index < -0.39 is 5.82 Å². The Morgan fingerprint density at radius 2 is 2.06 bits per heavy atom. The van der Waals surface area contributed by atoms with Crippen molar-refractivity contribution in [3.63, 3.8) is 0 Å². The maximum atomic E-state index is 13.5. The van der Waals surface area contributed by atoms with Crippen LogP contribution >= 0.6 is 0 Å². The minimum Gasteiger partial charge on any atom is -0.354 e. The molecule has 2 rings (SSSR count). The molecule has 2 aromatic rings. The summed E-state index contributed by atoms with van der Waals surface area (Å²) in [4.78, 5) is 11.8. The Bertz CT molecular complexity index is 473. The highest BCUT2D eigenvalue weighted by molar-refractivity contribution is 5.59. The number of nitrogens with zero attached hydrogens (tertiary/aromatic N) is 3. The van der Waals surface area contributed by atoms with Crippen LogP contribution in [0.15, 0.2) is 30.7 Å². The molecule has 0 fully saturated rings. The summed E-state index contributed by atoms with van der Waals surface area (Å²) in [6.07, 6.45) is 4.37.